The van der Waals surface area contributed by atoms with Gasteiger partial charge in [-0.1, -0.05) is 52.0 Å². The lowest BCUT2D eigenvalue weighted by Gasteiger charge is -2.25. The lowest BCUT2D eigenvalue weighted by atomic mass is 9.81. The summed E-state index contributed by atoms with van der Waals surface area (Å²) in [6.07, 6.45) is 1.06. The van der Waals surface area contributed by atoms with Gasteiger partial charge in [-0.2, -0.15) is 0 Å². The third-order valence-corrected chi connectivity index (χ3v) is 4.06. The van der Waals surface area contributed by atoms with Crippen molar-refractivity contribution in [2.75, 3.05) is 7.11 Å². The zero-order valence-electron chi connectivity index (χ0n) is 12.1. The van der Waals surface area contributed by atoms with Gasteiger partial charge in [-0.25, -0.2) is 0 Å². The summed E-state index contributed by atoms with van der Waals surface area (Å²) in [5.41, 5.74) is 2.63. The van der Waals surface area contributed by atoms with Gasteiger partial charge in [-0.15, -0.1) is 0 Å². The molecule has 0 radical (unpaired) electrons. The highest BCUT2D eigenvalue weighted by Crippen LogP contribution is 2.30. The van der Waals surface area contributed by atoms with Crippen LogP contribution in [0.15, 0.2) is 24.3 Å². The number of hydrogen-bond donors (Lipinski definition) is 0. The third kappa shape index (κ3) is 3.34. The molecule has 2 nitrogen and oxygen atoms in total. The molecule has 0 amide bonds. The quantitative estimate of drug-likeness (QED) is 0.741. The van der Waals surface area contributed by atoms with E-state index < -0.39 is 0 Å². The van der Waals surface area contributed by atoms with Gasteiger partial charge in [0, 0.05) is 0 Å². The maximum Gasteiger partial charge on any atom is 0.308 e. The van der Waals surface area contributed by atoms with E-state index in [1.165, 1.54) is 18.2 Å². The molecule has 18 heavy (non-hydrogen) atoms. The first-order valence-electron chi connectivity index (χ1n) is 6.67. The smallest absolute Gasteiger partial charge is 0.308 e. The minimum atomic E-state index is -0.125. The normalized spacial score (nSPS) is 15.8. The van der Waals surface area contributed by atoms with E-state index in [4.69, 9.17) is 4.74 Å². The fourth-order valence-electron chi connectivity index (χ4n) is 2.19. The van der Waals surface area contributed by atoms with Gasteiger partial charge < -0.3 is 4.74 Å². The Hall–Kier alpha value is -1.31. The molecular formula is C16H24O2. The van der Waals surface area contributed by atoms with Crippen LogP contribution in [0.1, 0.15) is 44.7 Å². The zero-order chi connectivity index (χ0) is 13.7. The SMILES string of the molecule is CCc1ccc(C(C)C(C)C(C)C(=O)OC)cc1. The average Bonchev–Trinajstić information content (AvgIpc) is 2.44. The van der Waals surface area contributed by atoms with E-state index in [1.54, 1.807) is 0 Å². The molecule has 0 bridgehead atoms. The number of carbonyl (C=O) groups is 1. The van der Waals surface area contributed by atoms with Crippen molar-refractivity contribution < 1.29 is 9.53 Å². The van der Waals surface area contributed by atoms with Crippen LogP contribution >= 0.6 is 0 Å². The Morgan fingerprint density at radius 1 is 1.17 bits per heavy atom. The predicted octanol–water partition coefficient (Wildman–Crippen LogP) is 3.80. The highest BCUT2D eigenvalue weighted by Gasteiger charge is 2.26. The average molecular weight is 248 g/mol. The second-order valence-corrected chi connectivity index (χ2v) is 5.05. The number of benzene rings is 1. The van der Waals surface area contributed by atoms with E-state index in [1.807, 2.05) is 6.92 Å². The fraction of sp³-hybridized carbons (Fsp3) is 0.562. The number of esters is 1. The van der Waals surface area contributed by atoms with Crippen LogP contribution in [0.3, 0.4) is 0 Å². The maximum atomic E-state index is 11.6. The molecule has 0 N–H and O–H groups in total. The van der Waals surface area contributed by atoms with Gasteiger partial charge >= 0.3 is 5.97 Å². The van der Waals surface area contributed by atoms with Gasteiger partial charge in [-0.05, 0) is 29.4 Å². The lowest BCUT2D eigenvalue weighted by molar-refractivity contribution is -0.146. The molecule has 3 atom stereocenters. The largest absolute Gasteiger partial charge is 0.469 e. The summed E-state index contributed by atoms with van der Waals surface area (Å²) in [6.45, 7) is 8.37. The maximum absolute atomic E-state index is 11.6. The molecular weight excluding hydrogens is 224 g/mol. The molecule has 0 saturated carbocycles. The van der Waals surface area contributed by atoms with Gasteiger partial charge in [0.15, 0.2) is 0 Å². The summed E-state index contributed by atoms with van der Waals surface area (Å²) >= 11 is 0. The molecule has 2 heteroatoms. The van der Waals surface area contributed by atoms with Crippen molar-refractivity contribution >= 4 is 5.97 Å². The standard InChI is InChI=1S/C16H24O2/c1-6-14-7-9-15(10-8-14)12(3)11(2)13(4)16(17)18-5/h7-13H,6H2,1-5H3. The van der Waals surface area contributed by atoms with Crippen LogP contribution in [0.5, 0.6) is 0 Å². The number of ether oxygens (including phenoxy) is 1. The van der Waals surface area contributed by atoms with Crippen LogP contribution in [-0.4, -0.2) is 13.1 Å². The Kier molecular flexibility index (Phi) is 5.39. The summed E-state index contributed by atoms with van der Waals surface area (Å²) in [5.74, 6) is 0.422. The van der Waals surface area contributed by atoms with Crippen molar-refractivity contribution in [3.8, 4) is 0 Å². The summed E-state index contributed by atoms with van der Waals surface area (Å²) in [4.78, 5) is 11.6. The van der Waals surface area contributed by atoms with Gasteiger partial charge in [0.2, 0.25) is 0 Å². The highest BCUT2D eigenvalue weighted by atomic mass is 16.5. The molecule has 0 spiro atoms. The molecule has 0 fully saturated rings. The summed E-state index contributed by atoms with van der Waals surface area (Å²) in [7, 11) is 1.45. The molecule has 0 aliphatic rings. The Bertz CT molecular complexity index is 381. The van der Waals surface area contributed by atoms with Crippen molar-refractivity contribution in [1.29, 1.82) is 0 Å². The second kappa shape index (κ2) is 6.58. The molecule has 0 saturated heterocycles. The van der Waals surface area contributed by atoms with Gasteiger partial charge in [0.05, 0.1) is 13.0 Å². The monoisotopic (exact) mass is 248 g/mol. The van der Waals surface area contributed by atoms with Gasteiger partial charge in [-0.3, -0.25) is 4.79 Å². The second-order valence-electron chi connectivity index (χ2n) is 5.05. The number of methoxy groups -OCH3 is 1. The first kappa shape index (κ1) is 14.7. The minimum Gasteiger partial charge on any atom is -0.469 e. The Morgan fingerprint density at radius 3 is 2.17 bits per heavy atom. The third-order valence-electron chi connectivity index (χ3n) is 4.06. The zero-order valence-corrected chi connectivity index (χ0v) is 12.1. The Labute approximate surface area is 110 Å². The van der Waals surface area contributed by atoms with Crippen LogP contribution in [-0.2, 0) is 16.0 Å². The van der Waals surface area contributed by atoms with Crippen LogP contribution in [0.25, 0.3) is 0 Å². The Balaban J connectivity index is 2.78. The molecule has 1 aromatic carbocycles. The van der Waals surface area contributed by atoms with Crippen molar-refractivity contribution in [3.63, 3.8) is 0 Å². The van der Waals surface area contributed by atoms with Crippen LogP contribution in [0.4, 0.5) is 0 Å². The first-order chi connectivity index (χ1) is 8.51. The number of aryl methyl sites for hydroxylation is 1. The van der Waals surface area contributed by atoms with Crippen LogP contribution < -0.4 is 0 Å². The van der Waals surface area contributed by atoms with Gasteiger partial charge in [0.1, 0.15) is 0 Å². The summed E-state index contributed by atoms with van der Waals surface area (Å²) < 4.78 is 4.82. The molecule has 0 aliphatic carbocycles. The van der Waals surface area contributed by atoms with E-state index in [-0.39, 0.29) is 17.8 Å². The highest BCUT2D eigenvalue weighted by molar-refractivity contribution is 5.72. The van der Waals surface area contributed by atoms with E-state index in [2.05, 4.69) is 45.0 Å². The predicted molar refractivity (Wildman–Crippen MR) is 74.6 cm³/mol. The van der Waals surface area contributed by atoms with Gasteiger partial charge in [0.25, 0.3) is 0 Å². The lowest BCUT2D eigenvalue weighted by Crippen LogP contribution is -2.24. The van der Waals surface area contributed by atoms with Crippen molar-refractivity contribution in [2.24, 2.45) is 11.8 Å². The van der Waals surface area contributed by atoms with Crippen molar-refractivity contribution in [2.45, 2.75) is 40.0 Å². The van der Waals surface area contributed by atoms with E-state index >= 15 is 0 Å². The molecule has 100 valence electrons. The topological polar surface area (TPSA) is 26.3 Å². The Morgan fingerprint density at radius 2 is 1.72 bits per heavy atom. The van der Waals surface area contributed by atoms with E-state index in [9.17, 15) is 4.79 Å². The van der Waals surface area contributed by atoms with Crippen molar-refractivity contribution in [3.05, 3.63) is 35.4 Å². The number of carbonyl (C=O) groups excluding carboxylic acids is 1. The van der Waals surface area contributed by atoms with Crippen molar-refractivity contribution in [1.82, 2.24) is 0 Å². The minimum absolute atomic E-state index is 0.0733. The van der Waals surface area contributed by atoms with Crippen LogP contribution in [0, 0.1) is 11.8 Å². The molecule has 0 aliphatic heterocycles. The molecule has 0 heterocycles. The van der Waals surface area contributed by atoms with E-state index in [0.717, 1.165) is 6.42 Å². The molecule has 1 aromatic rings. The number of hydrogen-bond acceptors (Lipinski definition) is 2. The summed E-state index contributed by atoms with van der Waals surface area (Å²) in [5, 5.41) is 0. The molecule has 0 aromatic heterocycles. The van der Waals surface area contributed by atoms with Crippen LogP contribution in [0.2, 0.25) is 0 Å². The summed E-state index contributed by atoms with van der Waals surface area (Å²) in [6, 6.07) is 8.68. The molecule has 3 unspecified atom stereocenters. The first-order valence-corrected chi connectivity index (χ1v) is 6.67. The molecule has 1 rings (SSSR count). The number of rotatable bonds is 5. The fourth-order valence-corrected chi connectivity index (χ4v) is 2.19. The van der Waals surface area contributed by atoms with E-state index in [0.29, 0.717) is 5.92 Å².